The van der Waals surface area contributed by atoms with Gasteiger partial charge in [0.15, 0.2) is 5.96 Å². The zero-order valence-electron chi connectivity index (χ0n) is 17.8. The van der Waals surface area contributed by atoms with Crippen molar-refractivity contribution in [3.8, 4) is 17.2 Å². The Morgan fingerprint density at radius 2 is 1.84 bits per heavy atom. The summed E-state index contributed by atoms with van der Waals surface area (Å²) in [5.41, 5.74) is 2.08. The van der Waals surface area contributed by atoms with Crippen LogP contribution in [0, 0.1) is 22.2 Å². The van der Waals surface area contributed by atoms with Crippen LogP contribution >= 0.6 is 11.3 Å². The number of rotatable bonds is 4. The Morgan fingerprint density at radius 3 is 2.55 bits per heavy atom. The number of nitrogens with zero attached hydrogens (tertiary/aromatic N) is 2. The van der Waals surface area contributed by atoms with E-state index in [9.17, 15) is 10.1 Å². The predicted octanol–water partition coefficient (Wildman–Crippen LogP) is 4.75. The van der Waals surface area contributed by atoms with E-state index in [1.165, 1.54) is 4.90 Å². The van der Waals surface area contributed by atoms with Crippen molar-refractivity contribution in [2.75, 3.05) is 7.05 Å². The zero-order chi connectivity index (χ0) is 22.2. The molecule has 5 nitrogen and oxygen atoms in total. The summed E-state index contributed by atoms with van der Waals surface area (Å²) in [6.45, 7) is 3.99. The Labute approximate surface area is 186 Å². The lowest BCUT2D eigenvalue weighted by Crippen LogP contribution is -2.69. The number of nitriles is 1. The molecule has 6 heteroatoms. The first-order chi connectivity index (χ1) is 14.8. The van der Waals surface area contributed by atoms with Crippen molar-refractivity contribution in [3.05, 3.63) is 82.0 Å². The van der Waals surface area contributed by atoms with Crippen LogP contribution in [0.1, 0.15) is 29.9 Å². The van der Waals surface area contributed by atoms with E-state index in [0.29, 0.717) is 12.0 Å². The van der Waals surface area contributed by atoms with Crippen LogP contribution < -0.4 is 5.32 Å². The van der Waals surface area contributed by atoms with Crippen molar-refractivity contribution in [3.63, 3.8) is 0 Å². The van der Waals surface area contributed by atoms with E-state index in [4.69, 9.17) is 5.41 Å². The smallest absolute Gasteiger partial charge is 0.238 e. The molecule has 1 aliphatic heterocycles. The topological polar surface area (TPSA) is 80.0 Å². The van der Waals surface area contributed by atoms with Crippen molar-refractivity contribution in [1.82, 2.24) is 10.2 Å². The summed E-state index contributed by atoms with van der Waals surface area (Å²) in [5.74, 6) is 0.0171. The molecule has 31 heavy (non-hydrogen) atoms. The van der Waals surface area contributed by atoms with Gasteiger partial charge < -0.3 is 5.32 Å². The molecule has 1 saturated heterocycles. The molecule has 1 aromatic heterocycles. The minimum atomic E-state index is -0.801. The molecule has 0 saturated carbocycles. The molecule has 2 N–H and O–H groups in total. The van der Waals surface area contributed by atoms with E-state index >= 15 is 0 Å². The van der Waals surface area contributed by atoms with Crippen molar-refractivity contribution in [2.24, 2.45) is 5.41 Å². The molecule has 1 amide bonds. The molecule has 0 spiro atoms. The highest BCUT2D eigenvalue weighted by Gasteiger charge is 2.57. The first-order valence-electron chi connectivity index (χ1n) is 10.1. The number of carbonyl (C=O) groups is 1. The molecule has 0 unspecified atom stereocenters. The van der Waals surface area contributed by atoms with Gasteiger partial charge in [-0.25, -0.2) is 0 Å². The van der Waals surface area contributed by atoms with Gasteiger partial charge in [-0.1, -0.05) is 42.5 Å². The van der Waals surface area contributed by atoms with Crippen LogP contribution in [-0.2, 0) is 16.8 Å². The zero-order valence-corrected chi connectivity index (χ0v) is 18.6. The van der Waals surface area contributed by atoms with Crippen LogP contribution in [0.4, 0.5) is 0 Å². The summed E-state index contributed by atoms with van der Waals surface area (Å²) in [6, 6.07) is 21.8. The van der Waals surface area contributed by atoms with Gasteiger partial charge in [-0.15, -0.1) is 11.3 Å². The highest BCUT2D eigenvalue weighted by Crippen LogP contribution is 2.48. The average Bonchev–Trinajstić information content (AvgIpc) is 3.28. The minimum Gasteiger partial charge on any atom is -0.345 e. The summed E-state index contributed by atoms with van der Waals surface area (Å²) in [5, 5.41) is 23.0. The molecule has 2 heterocycles. The molecular formula is C25H24N4OS. The van der Waals surface area contributed by atoms with Crippen LogP contribution in [0.5, 0.6) is 0 Å². The second-order valence-electron chi connectivity index (χ2n) is 8.35. The number of amides is 1. The lowest BCUT2D eigenvalue weighted by atomic mass is 9.65. The molecule has 3 aromatic rings. The van der Waals surface area contributed by atoms with Gasteiger partial charge in [-0.2, -0.15) is 5.26 Å². The molecule has 0 aliphatic carbocycles. The Kier molecular flexibility index (Phi) is 5.16. The fraction of sp³-hybridized carbons (Fsp3) is 0.240. The summed E-state index contributed by atoms with van der Waals surface area (Å²) in [4.78, 5) is 15.9. The third kappa shape index (κ3) is 3.41. The molecule has 156 valence electrons. The molecule has 1 aliphatic rings. The maximum absolute atomic E-state index is 13.5. The number of hydrogen-bond donors (Lipinski definition) is 2. The predicted molar refractivity (Wildman–Crippen MR) is 124 cm³/mol. The summed E-state index contributed by atoms with van der Waals surface area (Å²) >= 11 is 1.57. The number of carbonyl (C=O) groups excluding carboxylic acids is 1. The third-order valence-corrected chi connectivity index (χ3v) is 7.55. The Hall–Kier alpha value is -3.43. The van der Waals surface area contributed by atoms with Gasteiger partial charge in [0, 0.05) is 11.9 Å². The minimum absolute atomic E-state index is 0.0796. The highest BCUT2D eigenvalue weighted by atomic mass is 32.1. The van der Waals surface area contributed by atoms with Crippen molar-refractivity contribution >= 4 is 23.2 Å². The number of nitrogens with one attached hydrogen (secondary N) is 2. The van der Waals surface area contributed by atoms with E-state index in [2.05, 4.69) is 17.5 Å². The van der Waals surface area contributed by atoms with Crippen molar-refractivity contribution < 1.29 is 4.79 Å². The summed E-state index contributed by atoms with van der Waals surface area (Å²) in [6.07, 6.45) is 0.547. The molecule has 2 atom stereocenters. The SMILES string of the molecule is CN1C(=N)N[C@](C)(c2cc(-c3cccc(C#N)c3)cs2)[C@@](C)(Cc2ccccc2)C1=O. The van der Waals surface area contributed by atoms with Crippen LogP contribution in [-0.4, -0.2) is 23.8 Å². The van der Waals surface area contributed by atoms with Crippen molar-refractivity contribution in [2.45, 2.75) is 25.8 Å². The second-order valence-corrected chi connectivity index (χ2v) is 9.26. The van der Waals surface area contributed by atoms with Crippen LogP contribution in [0.25, 0.3) is 11.1 Å². The quantitative estimate of drug-likeness (QED) is 0.629. The highest BCUT2D eigenvalue weighted by molar-refractivity contribution is 7.10. The maximum atomic E-state index is 13.5. The van der Waals surface area contributed by atoms with Gasteiger partial charge >= 0.3 is 0 Å². The molecule has 0 bridgehead atoms. The summed E-state index contributed by atoms with van der Waals surface area (Å²) in [7, 11) is 1.65. The Balaban J connectivity index is 1.80. The lowest BCUT2D eigenvalue weighted by molar-refractivity contribution is -0.143. The fourth-order valence-electron chi connectivity index (χ4n) is 4.25. The van der Waals surface area contributed by atoms with E-state index in [1.807, 2.05) is 67.8 Å². The van der Waals surface area contributed by atoms with Gasteiger partial charge in [0.25, 0.3) is 0 Å². The van der Waals surface area contributed by atoms with E-state index < -0.39 is 11.0 Å². The van der Waals surface area contributed by atoms with Crippen LogP contribution in [0.2, 0.25) is 0 Å². The normalized spacial score (nSPS) is 23.4. The Bertz CT molecular complexity index is 1200. The number of benzene rings is 2. The van der Waals surface area contributed by atoms with Gasteiger partial charge in [-0.05, 0) is 60.5 Å². The van der Waals surface area contributed by atoms with E-state index in [0.717, 1.165) is 21.6 Å². The standard InChI is InChI=1S/C25H24N4OS/c1-24(14-17-8-5-4-6-9-17)22(30)29(3)23(27)28-25(24,2)21-13-20(16-31-21)19-11-7-10-18(12-19)15-26/h4-13,16H,14H2,1-3H3,(H2,27,28)/t24-,25+/m0/s1. The lowest BCUT2D eigenvalue weighted by Gasteiger charge is -2.52. The number of hydrogen-bond acceptors (Lipinski definition) is 4. The average molecular weight is 429 g/mol. The molecular weight excluding hydrogens is 404 g/mol. The van der Waals surface area contributed by atoms with Crippen LogP contribution in [0.3, 0.4) is 0 Å². The van der Waals surface area contributed by atoms with Gasteiger partial charge in [0.2, 0.25) is 5.91 Å². The second kappa shape index (κ2) is 7.68. The monoisotopic (exact) mass is 428 g/mol. The largest absolute Gasteiger partial charge is 0.345 e. The number of thiophene rings is 1. The van der Waals surface area contributed by atoms with E-state index in [-0.39, 0.29) is 11.9 Å². The third-order valence-electron chi connectivity index (χ3n) is 6.40. The van der Waals surface area contributed by atoms with Gasteiger partial charge in [0.05, 0.1) is 22.6 Å². The van der Waals surface area contributed by atoms with Crippen LogP contribution in [0.15, 0.2) is 66.0 Å². The fourth-order valence-corrected chi connectivity index (χ4v) is 5.42. The maximum Gasteiger partial charge on any atom is 0.238 e. The summed E-state index contributed by atoms with van der Waals surface area (Å²) < 4.78 is 0. The van der Waals surface area contributed by atoms with Gasteiger partial charge in [0.1, 0.15) is 0 Å². The first-order valence-corrected chi connectivity index (χ1v) is 10.9. The molecule has 1 fully saturated rings. The molecule has 0 radical (unpaired) electrons. The first kappa shape index (κ1) is 20.8. The van der Waals surface area contributed by atoms with E-state index in [1.54, 1.807) is 24.5 Å². The molecule has 4 rings (SSSR count). The van der Waals surface area contributed by atoms with Crippen molar-refractivity contribution in [1.29, 1.82) is 10.7 Å². The number of guanidine groups is 1. The Morgan fingerprint density at radius 1 is 1.10 bits per heavy atom. The molecule has 2 aromatic carbocycles. The van der Waals surface area contributed by atoms with Gasteiger partial charge in [-0.3, -0.25) is 15.1 Å².